The van der Waals surface area contributed by atoms with Crippen LogP contribution in [0.15, 0.2) is 18.2 Å². The molecule has 0 bridgehead atoms. The Morgan fingerprint density at radius 1 is 1.29 bits per heavy atom. The van der Waals surface area contributed by atoms with E-state index < -0.39 is 12.5 Å². The van der Waals surface area contributed by atoms with Gasteiger partial charge in [-0.1, -0.05) is 6.07 Å². The summed E-state index contributed by atoms with van der Waals surface area (Å²) in [4.78, 5) is 0. The Hall–Kier alpha value is -1.03. The smallest absolute Gasteiger partial charge is 0.254 e. The molecule has 0 radical (unpaired) electrons. The fraction of sp³-hybridized carbons (Fsp3) is 0.400. The van der Waals surface area contributed by atoms with Crippen LogP contribution in [0.1, 0.15) is 11.1 Å². The fourth-order valence-electron chi connectivity index (χ4n) is 1.69. The second-order valence-corrected chi connectivity index (χ2v) is 3.44. The lowest BCUT2D eigenvalue weighted by Gasteiger charge is -2.25. The van der Waals surface area contributed by atoms with Gasteiger partial charge in [-0.25, -0.2) is 13.2 Å². The molecule has 14 heavy (non-hydrogen) atoms. The minimum atomic E-state index is -2.40. The summed E-state index contributed by atoms with van der Waals surface area (Å²) in [5.74, 6) is -0.362. The highest BCUT2D eigenvalue weighted by Gasteiger charge is 2.25. The van der Waals surface area contributed by atoms with Gasteiger partial charge < -0.3 is 5.32 Å². The zero-order chi connectivity index (χ0) is 10.1. The lowest BCUT2D eigenvalue weighted by Crippen LogP contribution is -2.40. The predicted molar refractivity (Wildman–Crippen MR) is 46.7 cm³/mol. The summed E-state index contributed by atoms with van der Waals surface area (Å²) < 4.78 is 37.5. The molecule has 1 aromatic carbocycles. The first kappa shape index (κ1) is 9.52. The van der Waals surface area contributed by atoms with E-state index in [-0.39, 0.29) is 12.2 Å². The Kier molecular flexibility index (Phi) is 2.46. The van der Waals surface area contributed by atoms with Crippen LogP contribution in [0.3, 0.4) is 0 Å². The Bertz CT molecular complexity index is 338. The van der Waals surface area contributed by atoms with Gasteiger partial charge in [-0.2, -0.15) is 0 Å². The summed E-state index contributed by atoms with van der Waals surface area (Å²) in [6.07, 6.45) is -2.20. The molecular formula is C10H10F3N. The lowest BCUT2D eigenvalue weighted by atomic mass is 9.96. The average molecular weight is 201 g/mol. The van der Waals surface area contributed by atoms with Gasteiger partial charge in [0, 0.05) is 6.54 Å². The van der Waals surface area contributed by atoms with Crippen molar-refractivity contribution in [2.75, 3.05) is 0 Å². The second-order valence-electron chi connectivity index (χ2n) is 3.44. The van der Waals surface area contributed by atoms with Gasteiger partial charge in [0.1, 0.15) is 5.82 Å². The average Bonchev–Trinajstić information content (AvgIpc) is 2.16. The fourth-order valence-corrected chi connectivity index (χ4v) is 1.69. The molecule has 1 unspecified atom stereocenters. The number of hydrogen-bond acceptors (Lipinski definition) is 1. The van der Waals surface area contributed by atoms with Crippen LogP contribution in [0.2, 0.25) is 0 Å². The van der Waals surface area contributed by atoms with Gasteiger partial charge in [-0.05, 0) is 29.7 Å². The molecular weight excluding hydrogens is 191 g/mol. The molecule has 4 heteroatoms. The highest BCUT2D eigenvalue weighted by Crippen LogP contribution is 2.20. The minimum Gasteiger partial charge on any atom is -0.304 e. The van der Waals surface area contributed by atoms with E-state index in [1.807, 2.05) is 0 Å². The molecule has 0 amide bonds. The van der Waals surface area contributed by atoms with Gasteiger partial charge in [-0.3, -0.25) is 0 Å². The zero-order valence-corrected chi connectivity index (χ0v) is 7.43. The van der Waals surface area contributed by atoms with Gasteiger partial charge in [0.15, 0.2) is 0 Å². The van der Waals surface area contributed by atoms with E-state index in [2.05, 4.69) is 5.32 Å². The maximum Gasteiger partial charge on any atom is 0.254 e. The SMILES string of the molecule is Fc1ccc2c(c1)CC(C(F)F)NC2. The van der Waals surface area contributed by atoms with Crippen LogP contribution in [0, 0.1) is 5.82 Å². The van der Waals surface area contributed by atoms with Crippen molar-refractivity contribution in [3.05, 3.63) is 35.1 Å². The van der Waals surface area contributed by atoms with Crippen LogP contribution in [0.4, 0.5) is 13.2 Å². The van der Waals surface area contributed by atoms with Crippen molar-refractivity contribution in [3.8, 4) is 0 Å². The molecule has 1 aliphatic rings. The van der Waals surface area contributed by atoms with E-state index in [0.717, 1.165) is 5.56 Å². The van der Waals surface area contributed by atoms with Crippen molar-refractivity contribution in [1.29, 1.82) is 0 Å². The maximum absolute atomic E-state index is 12.8. The van der Waals surface area contributed by atoms with Crippen LogP contribution in [0.25, 0.3) is 0 Å². The third-order valence-electron chi connectivity index (χ3n) is 2.47. The largest absolute Gasteiger partial charge is 0.304 e. The first-order valence-corrected chi connectivity index (χ1v) is 4.45. The number of halogens is 3. The minimum absolute atomic E-state index is 0.199. The summed E-state index contributed by atoms with van der Waals surface area (Å²) in [5, 5.41) is 2.72. The molecule has 0 aromatic heterocycles. The number of rotatable bonds is 1. The summed E-state index contributed by atoms with van der Waals surface area (Å²) >= 11 is 0. The van der Waals surface area contributed by atoms with Gasteiger partial charge in [0.25, 0.3) is 6.43 Å². The van der Waals surface area contributed by atoms with Crippen molar-refractivity contribution in [2.45, 2.75) is 25.4 Å². The highest BCUT2D eigenvalue weighted by atomic mass is 19.3. The summed E-state index contributed by atoms with van der Waals surface area (Å²) in [6, 6.07) is 3.48. The first-order chi connectivity index (χ1) is 6.66. The Labute approximate surface area is 79.9 Å². The van der Waals surface area contributed by atoms with Crippen LogP contribution in [-0.2, 0) is 13.0 Å². The molecule has 1 atom stereocenters. The normalized spacial score (nSPS) is 21.0. The van der Waals surface area contributed by atoms with Gasteiger partial charge in [0.05, 0.1) is 6.04 Å². The molecule has 0 saturated heterocycles. The van der Waals surface area contributed by atoms with Crippen molar-refractivity contribution < 1.29 is 13.2 Å². The molecule has 2 rings (SSSR count). The summed E-state index contributed by atoms with van der Waals surface area (Å²) in [7, 11) is 0. The van der Waals surface area contributed by atoms with E-state index in [1.165, 1.54) is 12.1 Å². The molecule has 0 fully saturated rings. The summed E-state index contributed by atoms with van der Waals surface area (Å²) in [6.45, 7) is 0.393. The van der Waals surface area contributed by atoms with Crippen molar-refractivity contribution in [3.63, 3.8) is 0 Å². The van der Waals surface area contributed by atoms with Crippen LogP contribution in [-0.4, -0.2) is 12.5 Å². The van der Waals surface area contributed by atoms with E-state index >= 15 is 0 Å². The standard InChI is InChI=1S/C10H10F3N/c11-8-2-1-6-5-14-9(10(12)13)4-7(6)3-8/h1-3,9-10,14H,4-5H2. The summed E-state index contributed by atoms with van der Waals surface area (Å²) in [5.41, 5.74) is 1.59. The quantitative estimate of drug-likeness (QED) is 0.733. The van der Waals surface area contributed by atoms with Crippen LogP contribution >= 0.6 is 0 Å². The molecule has 1 nitrogen and oxygen atoms in total. The third-order valence-corrected chi connectivity index (χ3v) is 2.47. The zero-order valence-electron chi connectivity index (χ0n) is 7.43. The Morgan fingerprint density at radius 2 is 2.07 bits per heavy atom. The topological polar surface area (TPSA) is 12.0 Å². The van der Waals surface area contributed by atoms with Crippen molar-refractivity contribution in [1.82, 2.24) is 5.32 Å². The number of alkyl halides is 2. The van der Waals surface area contributed by atoms with E-state index in [4.69, 9.17) is 0 Å². The Morgan fingerprint density at radius 3 is 2.79 bits per heavy atom. The molecule has 76 valence electrons. The third kappa shape index (κ3) is 1.75. The van der Waals surface area contributed by atoms with E-state index in [9.17, 15) is 13.2 Å². The van der Waals surface area contributed by atoms with Crippen molar-refractivity contribution >= 4 is 0 Å². The Balaban J connectivity index is 2.24. The molecule has 0 aliphatic carbocycles. The molecule has 1 N–H and O–H groups in total. The number of fused-ring (bicyclic) bond motifs is 1. The van der Waals surface area contributed by atoms with Crippen molar-refractivity contribution in [2.24, 2.45) is 0 Å². The monoisotopic (exact) mass is 201 g/mol. The molecule has 1 aliphatic heterocycles. The van der Waals surface area contributed by atoms with Gasteiger partial charge in [-0.15, -0.1) is 0 Å². The number of benzene rings is 1. The van der Waals surface area contributed by atoms with Gasteiger partial charge in [0.2, 0.25) is 0 Å². The molecule has 1 heterocycles. The molecule has 0 saturated carbocycles. The van der Waals surface area contributed by atoms with E-state index in [0.29, 0.717) is 12.1 Å². The molecule has 0 spiro atoms. The predicted octanol–water partition coefficient (Wildman–Crippen LogP) is 2.11. The van der Waals surface area contributed by atoms with Gasteiger partial charge >= 0.3 is 0 Å². The number of hydrogen-bond donors (Lipinski definition) is 1. The molecule has 1 aromatic rings. The lowest BCUT2D eigenvalue weighted by molar-refractivity contribution is 0.0941. The van der Waals surface area contributed by atoms with E-state index in [1.54, 1.807) is 6.07 Å². The maximum atomic E-state index is 12.8. The highest BCUT2D eigenvalue weighted by molar-refractivity contribution is 5.30. The van der Waals surface area contributed by atoms with Crippen LogP contribution in [0.5, 0.6) is 0 Å². The first-order valence-electron chi connectivity index (χ1n) is 4.45. The number of nitrogens with one attached hydrogen (secondary N) is 1. The van der Waals surface area contributed by atoms with Crippen LogP contribution < -0.4 is 5.32 Å². The second kappa shape index (κ2) is 3.61.